The zero-order valence-corrected chi connectivity index (χ0v) is 18.1. The number of aromatic nitrogens is 1. The Morgan fingerprint density at radius 1 is 0.818 bits per heavy atom. The van der Waals surface area contributed by atoms with Crippen LogP contribution in [0.5, 0.6) is 11.5 Å². The summed E-state index contributed by atoms with van der Waals surface area (Å²) in [5.41, 5.74) is 3.76. The summed E-state index contributed by atoms with van der Waals surface area (Å²) in [5.74, 6) is 0.877. The van der Waals surface area contributed by atoms with Gasteiger partial charge in [-0.05, 0) is 73.2 Å². The predicted octanol–water partition coefficient (Wildman–Crippen LogP) is 5.36. The second kappa shape index (κ2) is 10.2. The second-order valence-electron chi connectivity index (χ2n) is 7.52. The van der Waals surface area contributed by atoms with Crippen molar-refractivity contribution in [2.24, 2.45) is 0 Å². The number of aryl methyl sites for hydroxylation is 1. The fourth-order valence-corrected chi connectivity index (χ4v) is 3.17. The third kappa shape index (κ3) is 6.04. The first kappa shape index (κ1) is 21.8. The molecular weight excluding hydrogens is 414 g/mol. The molecule has 6 heteroatoms. The molecule has 0 fully saturated rings. The van der Waals surface area contributed by atoms with Crippen LogP contribution in [0.2, 0.25) is 0 Å². The summed E-state index contributed by atoms with van der Waals surface area (Å²) in [5, 5.41) is 5.79. The number of carbonyl (C=O) groups is 2. The van der Waals surface area contributed by atoms with Gasteiger partial charge in [0.25, 0.3) is 11.8 Å². The van der Waals surface area contributed by atoms with E-state index in [0.717, 1.165) is 11.1 Å². The number of ether oxygens (including phenoxy) is 1. The predicted molar refractivity (Wildman–Crippen MR) is 127 cm³/mol. The molecule has 0 radical (unpaired) electrons. The molecule has 0 bridgehead atoms. The van der Waals surface area contributed by atoms with Gasteiger partial charge in [-0.1, -0.05) is 29.8 Å². The number of nitrogens with one attached hydrogen (secondary N) is 2. The first-order valence-corrected chi connectivity index (χ1v) is 10.5. The van der Waals surface area contributed by atoms with Crippen molar-refractivity contribution in [3.05, 3.63) is 120 Å². The highest BCUT2D eigenvalue weighted by Gasteiger charge is 2.08. The van der Waals surface area contributed by atoms with Crippen LogP contribution in [0, 0.1) is 6.92 Å². The molecule has 0 saturated carbocycles. The van der Waals surface area contributed by atoms with E-state index in [4.69, 9.17) is 4.74 Å². The van der Waals surface area contributed by atoms with E-state index in [1.807, 2.05) is 49.4 Å². The Morgan fingerprint density at radius 3 is 2.27 bits per heavy atom. The molecule has 0 spiro atoms. The Hall–Kier alpha value is -4.45. The van der Waals surface area contributed by atoms with E-state index in [-0.39, 0.29) is 11.8 Å². The van der Waals surface area contributed by atoms with Crippen molar-refractivity contribution < 1.29 is 14.3 Å². The van der Waals surface area contributed by atoms with E-state index in [2.05, 4.69) is 15.6 Å². The lowest BCUT2D eigenvalue weighted by Crippen LogP contribution is -2.22. The largest absolute Gasteiger partial charge is 0.456 e. The minimum Gasteiger partial charge on any atom is -0.456 e. The summed E-state index contributed by atoms with van der Waals surface area (Å²) in [6.45, 7) is 2.31. The fourth-order valence-electron chi connectivity index (χ4n) is 3.17. The minimum atomic E-state index is -0.197. The van der Waals surface area contributed by atoms with E-state index < -0.39 is 0 Å². The van der Waals surface area contributed by atoms with Gasteiger partial charge in [-0.25, -0.2) is 0 Å². The van der Waals surface area contributed by atoms with Crippen molar-refractivity contribution in [1.82, 2.24) is 10.3 Å². The summed E-state index contributed by atoms with van der Waals surface area (Å²) in [4.78, 5) is 29.0. The standard InChI is InChI=1S/C27H23N3O3/c1-19-7-9-22(10-8-19)27(32)30-23-5-2-4-20(16-23)17-29-26(31)21-11-13-24(14-12-21)33-25-6-3-15-28-18-25/h2-16,18H,17H2,1H3,(H,29,31)(H,30,32). The SMILES string of the molecule is Cc1ccc(C(=O)Nc2cccc(CNC(=O)c3ccc(Oc4cccnc4)cc3)c2)cc1. The maximum atomic E-state index is 12.5. The molecular formula is C27H23N3O3. The number of pyridine rings is 1. The van der Waals surface area contributed by atoms with Crippen LogP contribution in [0.15, 0.2) is 97.3 Å². The molecule has 0 saturated heterocycles. The number of hydrogen-bond acceptors (Lipinski definition) is 4. The van der Waals surface area contributed by atoms with Gasteiger partial charge in [0, 0.05) is 29.6 Å². The molecule has 4 aromatic rings. The minimum absolute atomic E-state index is 0.176. The normalized spacial score (nSPS) is 10.3. The van der Waals surface area contributed by atoms with Gasteiger partial charge in [0.05, 0.1) is 6.20 Å². The zero-order chi connectivity index (χ0) is 23.0. The summed E-state index contributed by atoms with van der Waals surface area (Å²) < 4.78 is 5.70. The average molecular weight is 437 g/mol. The lowest BCUT2D eigenvalue weighted by atomic mass is 10.1. The third-order valence-electron chi connectivity index (χ3n) is 4.94. The molecule has 2 N–H and O–H groups in total. The van der Waals surface area contributed by atoms with Crippen molar-refractivity contribution in [3.8, 4) is 11.5 Å². The van der Waals surface area contributed by atoms with Crippen LogP contribution in [-0.4, -0.2) is 16.8 Å². The quantitative estimate of drug-likeness (QED) is 0.408. The first-order chi connectivity index (χ1) is 16.1. The molecule has 1 aromatic heterocycles. The van der Waals surface area contributed by atoms with Gasteiger partial charge in [0.15, 0.2) is 0 Å². The zero-order valence-electron chi connectivity index (χ0n) is 18.1. The van der Waals surface area contributed by atoms with Crippen LogP contribution in [0.4, 0.5) is 5.69 Å². The molecule has 0 unspecified atom stereocenters. The van der Waals surface area contributed by atoms with Crippen LogP contribution in [0.25, 0.3) is 0 Å². The van der Waals surface area contributed by atoms with Gasteiger partial charge in [0.2, 0.25) is 0 Å². The smallest absolute Gasteiger partial charge is 0.255 e. The average Bonchev–Trinajstić information content (AvgIpc) is 2.84. The molecule has 0 aliphatic carbocycles. The van der Waals surface area contributed by atoms with E-state index >= 15 is 0 Å². The van der Waals surface area contributed by atoms with Crippen molar-refractivity contribution >= 4 is 17.5 Å². The molecule has 4 rings (SSSR count). The van der Waals surface area contributed by atoms with Crippen molar-refractivity contribution in [3.63, 3.8) is 0 Å². The van der Waals surface area contributed by atoms with Gasteiger partial charge in [0.1, 0.15) is 11.5 Å². The van der Waals surface area contributed by atoms with Gasteiger partial charge in [-0.3, -0.25) is 14.6 Å². The molecule has 6 nitrogen and oxygen atoms in total. The molecule has 3 aromatic carbocycles. The molecule has 164 valence electrons. The van der Waals surface area contributed by atoms with E-state index in [1.54, 1.807) is 54.9 Å². The van der Waals surface area contributed by atoms with Crippen molar-refractivity contribution in [1.29, 1.82) is 0 Å². The van der Waals surface area contributed by atoms with Gasteiger partial charge in [-0.2, -0.15) is 0 Å². The molecule has 2 amide bonds. The molecule has 0 aliphatic heterocycles. The Bertz CT molecular complexity index is 1240. The molecule has 0 aliphatic rings. The third-order valence-corrected chi connectivity index (χ3v) is 4.94. The topological polar surface area (TPSA) is 80.3 Å². The van der Waals surface area contributed by atoms with Crippen LogP contribution < -0.4 is 15.4 Å². The number of rotatable bonds is 7. The number of benzene rings is 3. The summed E-state index contributed by atoms with van der Waals surface area (Å²) in [6, 6.07) is 25.3. The highest BCUT2D eigenvalue weighted by atomic mass is 16.5. The summed E-state index contributed by atoms with van der Waals surface area (Å²) >= 11 is 0. The number of hydrogen-bond donors (Lipinski definition) is 2. The monoisotopic (exact) mass is 437 g/mol. The Kier molecular flexibility index (Phi) is 6.75. The number of anilines is 1. The molecule has 0 atom stereocenters. The first-order valence-electron chi connectivity index (χ1n) is 10.5. The second-order valence-corrected chi connectivity index (χ2v) is 7.52. The lowest BCUT2D eigenvalue weighted by molar-refractivity contribution is 0.0950. The maximum absolute atomic E-state index is 12.5. The number of nitrogens with zero attached hydrogens (tertiary/aromatic N) is 1. The van der Waals surface area contributed by atoms with Gasteiger partial charge >= 0.3 is 0 Å². The number of amides is 2. The Balaban J connectivity index is 1.32. The molecule has 1 heterocycles. The van der Waals surface area contributed by atoms with Crippen molar-refractivity contribution in [2.75, 3.05) is 5.32 Å². The highest BCUT2D eigenvalue weighted by Crippen LogP contribution is 2.20. The van der Waals surface area contributed by atoms with Crippen LogP contribution >= 0.6 is 0 Å². The van der Waals surface area contributed by atoms with E-state index in [1.165, 1.54) is 0 Å². The lowest BCUT2D eigenvalue weighted by Gasteiger charge is -2.10. The fraction of sp³-hybridized carbons (Fsp3) is 0.0741. The van der Waals surface area contributed by atoms with Gasteiger partial charge < -0.3 is 15.4 Å². The van der Waals surface area contributed by atoms with Crippen LogP contribution in [0.1, 0.15) is 31.8 Å². The number of carbonyl (C=O) groups excluding carboxylic acids is 2. The van der Waals surface area contributed by atoms with Crippen molar-refractivity contribution in [2.45, 2.75) is 13.5 Å². The van der Waals surface area contributed by atoms with Crippen LogP contribution in [-0.2, 0) is 6.54 Å². The van der Waals surface area contributed by atoms with E-state index in [9.17, 15) is 9.59 Å². The molecule has 33 heavy (non-hydrogen) atoms. The van der Waals surface area contributed by atoms with Gasteiger partial charge in [-0.15, -0.1) is 0 Å². The Morgan fingerprint density at radius 2 is 1.55 bits per heavy atom. The Labute approximate surface area is 192 Å². The van der Waals surface area contributed by atoms with E-state index in [0.29, 0.717) is 34.9 Å². The highest BCUT2D eigenvalue weighted by molar-refractivity contribution is 6.04. The summed E-state index contributed by atoms with van der Waals surface area (Å²) in [7, 11) is 0. The summed E-state index contributed by atoms with van der Waals surface area (Å²) in [6.07, 6.45) is 3.30. The van der Waals surface area contributed by atoms with Crippen LogP contribution in [0.3, 0.4) is 0 Å². The maximum Gasteiger partial charge on any atom is 0.255 e.